The number of aryl methyl sites for hydroxylation is 1. The third-order valence-corrected chi connectivity index (χ3v) is 5.01. The number of carbonyl (C=O) groups is 1. The van der Waals surface area contributed by atoms with Gasteiger partial charge in [-0.05, 0) is 25.1 Å². The highest BCUT2D eigenvalue weighted by Gasteiger charge is 2.11. The van der Waals surface area contributed by atoms with Crippen LogP contribution < -0.4 is 11.0 Å². The number of rotatable bonds is 4. The minimum Gasteiger partial charge on any atom is -0.273 e. The largest absolute Gasteiger partial charge is 0.280 e. The topological polar surface area (TPSA) is 76.9 Å². The molecule has 0 spiro atoms. The van der Waals surface area contributed by atoms with E-state index in [1.54, 1.807) is 18.2 Å². The van der Waals surface area contributed by atoms with Crippen LogP contribution in [0.4, 0.5) is 0 Å². The maximum Gasteiger partial charge on any atom is 0.280 e. The molecule has 1 N–H and O–H groups in total. The van der Waals surface area contributed by atoms with Crippen LogP contribution in [0.5, 0.6) is 0 Å². The van der Waals surface area contributed by atoms with Gasteiger partial charge in [0.25, 0.3) is 5.56 Å². The summed E-state index contributed by atoms with van der Waals surface area (Å²) in [6.45, 7) is 2.03. The second kappa shape index (κ2) is 7.13. The van der Waals surface area contributed by atoms with Crippen molar-refractivity contribution in [2.75, 3.05) is 5.43 Å². The second-order valence-corrected chi connectivity index (χ2v) is 7.02. The molecule has 0 saturated carbocycles. The zero-order valence-corrected chi connectivity index (χ0v) is 15.4. The molecule has 134 valence electrons. The molecule has 0 aliphatic carbocycles. The summed E-state index contributed by atoms with van der Waals surface area (Å²) in [4.78, 5) is 33.5. The van der Waals surface area contributed by atoms with E-state index in [9.17, 15) is 9.59 Å². The number of para-hydroxylation sites is 1. The molecule has 0 saturated heterocycles. The Morgan fingerprint density at radius 1 is 1.19 bits per heavy atom. The van der Waals surface area contributed by atoms with Crippen LogP contribution in [0.3, 0.4) is 0 Å². The van der Waals surface area contributed by atoms with Crippen LogP contribution in [0.1, 0.15) is 11.3 Å². The van der Waals surface area contributed by atoms with Gasteiger partial charge in [-0.15, -0.1) is 11.3 Å². The number of aromatic nitrogens is 3. The minimum absolute atomic E-state index is 0.0849. The quantitative estimate of drug-likeness (QED) is 0.594. The molecule has 4 aromatic rings. The smallest absolute Gasteiger partial charge is 0.273 e. The molecule has 6 nitrogen and oxygen atoms in total. The summed E-state index contributed by atoms with van der Waals surface area (Å²) < 4.78 is 1.11. The standard InChI is InChI=1S/C20H16N4O2S/c1-13-5-4-6-14(9-13)19-22-15(11-27-19)10-18(25)23-24-12-21-17-8-3-2-7-16(17)20(24)26/h2-9,11-12H,10H2,1H3,(H,23,25). The number of benzene rings is 2. The van der Waals surface area contributed by atoms with Crippen LogP contribution in [0, 0.1) is 6.92 Å². The van der Waals surface area contributed by atoms with Gasteiger partial charge < -0.3 is 0 Å². The summed E-state index contributed by atoms with van der Waals surface area (Å²) >= 11 is 1.49. The van der Waals surface area contributed by atoms with Gasteiger partial charge in [0.2, 0.25) is 5.91 Å². The van der Waals surface area contributed by atoms with Crippen LogP contribution >= 0.6 is 11.3 Å². The maximum atomic E-state index is 12.4. The molecular formula is C20H16N4O2S. The van der Waals surface area contributed by atoms with Gasteiger partial charge in [-0.1, -0.05) is 35.9 Å². The highest BCUT2D eigenvalue weighted by Crippen LogP contribution is 2.24. The van der Waals surface area contributed by atoms with Crippen LogP contribution in [-0.2, 0) is 11.2 Å². The van der Waals surface area contributed by atoms with Crippen LogP contribution in [0.15, 0.2) is 65.0 Å². The van der Waals surface area contributed by atoms with Gasteiger partial charge in [-0.25, -0.2) is 14.6 Å². The van der Waals surface area contributed by atoms with Crippen molar-refractivity contribution in [2.45, 2.75) is 13.3 Å². The van der Waals surface area contributed by atoms with Crippen molar-refractivity contribution in [1.82, 2.24) is 14.6 Å². The Hall–Kier alpha value is -3.32. The van der Waals surface area contributed by atoms with E-state index < -0.39 is 0 Å². The number of fused-ring (bicyclic) bond motifs is 1. The van der Waals surface area contributed by atoms with E-state index in [1.807, 2.05) is 36.6 Å². The lowest BCUT2D eigenvalue weighted by Gasteiger charge is -2.07. The minimum atomic E-state index is -0.324. The Morgan fingerprint density at radius 3 is 2.89 bits per heavy atom. The summed E-state index contributed by atoms with van der Waals surface area (Å²) in [6.07, 6.45) is 1.41. The fourth-order valence-electron chi connectivity index (χ4n) is 2.79. The molecule has 7 heteroatoms. The average molecular weight is 376 g/mol. The zero-order valence-electron chi connectivity index (χ0n) is 14.5. The van der Waals surface area contributed by atoms with Crippen LogP contribution in [0.2, 0.25) is 0 Å². The molecular weight excluding hydrogens is 360 g/mol. The Kier molecular flexibility index (Phi) is 4.52. The molecule has 0 radical (unpaired) electrons. The monoisotopic (exact) mass is 376 g/mol. The highest BCUT2D eigenvalue weighted by atomic mass is 32.1. The zero-order chi connectivity index (χ0) is 18.8. The van der Waals surface area contributed by atoms with Gasteiger partial charge in [0.15, 0.2) is 0 Å². The first-order valence-electron chi connectivity index (χ1n) is 8.38. The Bertz CT molecular complexity index is 1200. The highest BCUT2D eigenvalue weighted by molar-refractivity contribution is 7.13. The molecule has 2 aromatic heterocycles. The molecule has 1 amide bonds. The van der Waals surface area contributed by atoms with Crippen LogP contribution in [-0.4, -0.2) is 20.6 Å². The van der Waals surface area contributed by atoms with E-state index in [-0.39, 0.29) is 17.9 Å². The van der Waals surface area contributed by atoms with Gasteiger partial charge in [-0.3, -0.25) is 15.0 Å². The molecule has 27 heavy (non-hydrogen) atoms. The fourth-order valence-corrected chi connectivity index (χ4v) is 3.60. The Balaban J connectivity index is 1.50. The third kappa shape index (κ3) is 3.63. The predicted molar refractivity (Wildman–Crippen MR) is 106 cm³/mol. The summed E-state index contributed by atoms with van der Waals surface area (Å²) in [5.74, 6) is -0.324. The number of hydrogen-bond acceptors (Lipinski definition) is 5. The van der Waals surface area contributed by atoms with Gasteiger partial charge in [0.05, 0.1) is 23.0 Å². The first-order chi connectivity index (χ1) is 13.1. The molecule has 0 aliphatic rings. The molecule has 2 aromatic carbocycles. The molecule has 0 fully saturated rings. The first kappa shape index (κ1) is 17.1. The van der Waals surface area contributed by atoms with E-state index >= 15 is 0 Å². The lowest BCUT2D eigenvalue weighted by molar-refractivity contribution is -0.116. The van der Waals surface area contributed by atoms with Gasteiger partial charge in [-0.2, -0.15) is 0 Å². The van der Waals surface area contributed by atoms with Crippen molar-refractivity contribution in [2.24, 2.45) is 0 Å². The SMILES string of the molecule is Cc1cccc(-c2nc(CC(=O)Nn3cnc4ccccc4c3=O)cs2)c1. The number of amides is 1. The lowest BCUT2D eigenvalue weighted by Crippen LogP contribution is -2.34. The average Bonchev–Trinajstić information content (AvgIpc) is 3.13. The first-order valence-corrected chi connectivity index (χ1v) is 9.26. The second-order valence-electron chi connectivity index (χ2n) is 6.16. The molecule has 0 aliphatic heterocycles. The van der Waals surface area contributed by atoms with Crippen molar-refractivity contribution >= 4 is 28.1 Å². The van der Waals surface area contributed by atoms with E-state index in [0.29, 0.717) is 16.6 Å². The van der Waals surface area contributed by atoms with Crippen molar-refractivity contribution in [1.29, 1.82) is 0 Å². The number of hydrogen-bond donors (Lipinski definition) is 1. The number of nitrogens with zero attached hydrogens (tertiary/aromatic N) is 3. The number of nitrogens with one attached hydrogen (secondary N) is 1. The van der Waals surface area contributed by atoms with E-state index in [1.165, 1.54) is 17.7 Å². The van der Waals surface area contributed by atoms with Crippen molar-refractivity contribution < 1.29 is 4.79 Å². The molecule has 4 rings (SSSR count). The third-order valence-electron chi connectivity index (χ3n) is 4.07. The molecule has 0 bridgehead atoms. The van der Waals surface area contributed by atoms with Crippen molar-refractivity contribution in [3.05, 3.63) is 81.8 Å². The van der Waals surface area contributed by atoms with Gasteiger partial charge in [0, 0.05) is 10.9 Å². The van der Waals surface area contributed by atoms with E-state index in [4.69, 9.17) is 0 Å². The van der Waals surface area contributed by atoms with Crippen LogP contribution in [0.25, 0.3) is 21.5 Å². The molecule has 0 atom stereocenters. The van der Waals surface area contributed by atoms with E-state index in [0.717, 1.165) is 20.8 Å². The maximum absolute atomic E-state index is 12.4. The molecule has 0 unspecified atom stereocenters. The lowest BCUT2D eigenvalue weighted by atomic mass is 10.1. The summed E-state index contributed by atoms with van der Waals surface area (Å²) in [5, 5.41) is 3.18. The normalized spacial score (nSPS) is 10.9. The Morgan fingerprint density at radius 2 is 2.04 bits per heavy atom. The number of carbonyl (C=O) groups excluding carboxylic acids is 1. The van der Waals surface area contributed by atoms with Crippen molar-refractivity contribution in [3.8, 4) is 10.6 Å². The predicted octanol–water partition coefficient (Wildman–Crippen LogP) is 3.14. The van der Waals surface area contributed by atoms with Gasteiger partial charge in [0.1, 0.15) is 11.3 Å². The van der Waals surface area contributed by atoms with Crippen molar-refractivity contribution in [3.63, 3.8) is 0 Å². The number of thiazole rings is 1. The fraction of sp³-hybridized carbons (Fsp3) is 0.100. The van der Waals surface area contributed by atoms with Gasteiger partial charge >= 0.3 is 0 Å². The molecule has 2 heterocycles. The summed E-state index contributed by atoms with van der Waals surface area (Å²) in [5.41, 5.74) is 5.71. The summed E-state index contributed by atoms with van der Waals surface area (Å²) in [6, 6.07) is 15.1. The summed E-state index contributed by atoms with van der Waals surface area (Å²) in [7, 11) is 0. The van der Waals surface area contributed by atoms with E-state index in [2.05, 4.69) is 21.5 Å². The Labute approximate surface area is 159 Å².